The van der Waals surface area contributed by atoms with Gasteiger partial charge in [0, 0.05) is 11.1 Å². The Morgan fingerprint density at radius 1 is 1.25 bits per heavy atom. The number of nitrogens with one attached hydrogen (secondary N) is 1. The van der Waals surface area contributed by atoms with Crippen LogP contribution in [0.15, 0.2) is 22.6 Å². The van der Waals surface area contributed by atoms with E-state index in [0.29, 0.717) is 16.6 Å². The number of hydrogen-bond acceptors (Lipinski definition) is 6. The Labute approximate surface area is 96.4 Å². The number of nitrogens with two attached hydrogens (primary N) is 1. The lowest BCUT2D eigenvalue weighted by atomic mass is 10.3. The molecule has 1 aromatic heterocycles. The highest BCUT2D eigenvalue weighted by Gasteiger charge is 2.05. The summed E-state index contributed by atoms with van der Waals surface area (Å²) in [7, 11) is -4.94. The molecular weight excluding hydrogens is 263 g/mol. The van der Waals surface area contributed by atoms with Crippen molar-refractivity contribution in [3.8, 4) is 0 Å². The van der Waals surface area contributed by atoms with E-state index in [0.717, 1.165) is 5.52 Å². The summed E-state index contributed by atoms with van der Waals surface area (Å²) in [6.07, 6.45) is 0. The number of nitrogen functional groups attached to an aromatic ring is 1. The van der Waals surface area contributed by atoms with Gasteiger partial charge in [-0.3, -0.25) is 5.73 Å². The van der Waals surface area contributed by atoms with Gasteiger partial charge in [-0.15, -0.1) is 10.2 Å². The van der Waals surface area contributed by atoms with E-state index in [4.69, 9.17) is 40.4 Å². The van der Waals surface area contributed by atoms with Crippen molar-refractivity contribution in [3.05, 3.63) is 23.2 Å². The van der Waals surface area contributed by atoms with E-state index in [1.54, 1.807) is 18.2 Å². The molecular formula is C7H6Cl2N2O5. The molecule has 0 fully saturated rings. The number of benzene rings is 1. The zero-order chi connectivity index (χ0) is 12.3. The van der Waals surface area contributed by atoms with Gasteiger partial charge in [0.1, 0.15) is 0 Å². The first-order valence-corrected chi connectivity index (χ1v) is 5.35. The third kappa shape index (κ3) is 4.62. The first-order valence-electron chi connectivity index (χ1n) is 3.74. The monoisotopic (exact) mass is 268 g/mol. The number of halogens is 2. The largest absolute Gasteiger partial charge is 0.450 e. The third-order valence-electron chi connectivity index (χ3n) is 1.42. The van der Waals surface area contributed by atoms with Gasteiger partial charge in [-0.1, -0.05) is 11.6 Å². The predicted octanol–water partition coefficient (Wildman–Crippen LogP) is -3.27. The smallest absolute Gasteiger partial charge is 0.388 e. The first-order chi connectivity index (χ1) is 7.25. The quantitative estimate of drug-likeness (QED) is 0.530. The van der Waals surface area contributed by atoms with Crippen molar-refractivity contribution in [1.29, 1.82) is 0 Å². The average molecular weight is 269 g/mol. The van der Waals surface area contributed by atoms with Crippen LogP contribution >= 0.6 is 11.6 Å². The molecule has 0 amide bonds. The number of anilines is 1. The van der Waals surface area contributed by atoms with Crippen LogP contribution in [0.4, 0.5) is 6.01 Å². The molecule has 0 atom stereocenters. The first kappa shape index (κ1) is 13.0. The van der Waals surface area contributed by atoms with Crippen molar-refractivity contribution in [2.24, 2.45) is 0 Å². The average Bonchev–Trinajstić information content (AvgIpc) is 2.40. The summed E-state index contributed by atoms with van der Waals surface area (Å²) in [5.41, 5.74) is 6.90. The highest BCUT2D eigenvalue weighted by Crippen LogP contribution is 2.17. The fourth-order valence-electron chi connectivity index (χ4n) is 0.966. The SMILES string of the molecule is Nc1[nH+]c2cc(Cl)ccc2o1.[O-][Cl+3]([O-])([O-])[O-]. The normalized spacial score (nSPS) is 11.1. The lowest BCUT2D eigenvalue weighted by Gasteiger charge is -2.17. The molecule has 1 heterocycles. The summed E-state index contributed by atoms with van der Waals surface area (Å²) >= 11 is 5.73. The van der Waals surface area contributed by atoms with Crippen molar-refractivity contribution in [1.82, 2.24) is 0 Å². The summed E-state index contributed by atoms with van der Waals surface area (Å²) in [6, 6.07) is 5.57. The second-order valence-electron chi connectivity index (χ2n) is 2.61. The molecule has 16 heavy (non-hydrogen) atoms. The van der Waals surface area contributed by atoms with Gasteiger partial charge in [-0.25, -0.2) is 23.6 Å². The van der Waals surface area contributed by atoms with Gasteiger partial charge in [0.15, 0.2) is 11.1 Å². The zero-order valence-corrected chi connectivity index (χ0v) is 9.12. The van der Waals surface area contributed by atoms with Crippen LogP contribution in [0.2, 0.25) is 5.02 Å². The highest BCUT2D eigenvalue weighted by molar-refractivity contribution is 6.31. The lowest BCUT2D eigenvalue weighted by Crippen LogP contribution is -2.68. The van der Waals surface area contributed by atoms with Gasteiger partial charge in [-0.05, 0) is 12.1 Å². The van der Waals surface area contributed by atoms with Gasteiger partial charge >= 0.3 is 6.01 Å². The van der Waals surface area contributed by atoms with Crippen LogP contribution in [0, 0.1) is 10.2 Å². The van der Waals surface area contributed by atoms with Crippen LogP contribution in [0.3, 0.4) is 0 Å². The molecule has 9 heteroatoms. The van der Waals surface area contributed by atoms with Crippen LogP contribution in [0.5, 0.6) is 0 Å². The molecule has 3 N–H and O–H groups in total. The number of hydrogen-bond donors (Lipinski definition) is 1. The Bertz CT molecular complexity index is 475. The maximum atomic E-state index is 8.49. The fourth-order valence-corrected chi connectivity index (χ4v) is 1.14. The minimum absolute atomic E-state index is 0.294. The van der Waals surface area contributed by atoms with E-state index in [2.05, 4.69) is 4.98 Å². The summed E-state index contributed by atoms with van der Waals surface area (Å²) in [5.74, 6) is 0. The summed E-state index contributed by atoms with van der Waals surface area (Å²) in [6.45, 7) is 0. The number of H-pyrrole nitrogens is 1. The molecule has 88 valence electrons. The molecule has 7 nitrogen and oxygen atoms in total. The minimum Gasteiger partial charge on any atom is -0.388 e. The maximum absolute atomic E-state index is 8.49. The minimum atomic E-state index is -4.94. The molecule has 0 aliphatic rings. The van der Waals surface area contributed by atoms with Crippen LogP contribution < -0.4 is 29.4 Å². The van der Waals surface area contributed by atoms with E-state index in [1.165, 1.54) is 0 Å². The van der Waals surface area contributed by atoms with E-state index < -0.39 is 10.2 Å². The van der Waals surface area contributed by atoms with Crippen LogP contribution in [-0.4, -0.2) is 0 Å². The third-order valence-corrected chi connectivity index (χ3v) is 1.65. The number of fused-ring (bicyclic) bond motifs is 1. The number of oxazole rings is 1. The van der Waals surface area contributed by atoms with Crippen molar-refractivity contribution < 1.29 is 38.3 Å². The van der Waals surface area contributed by atoms with Gasteiger partial charge in [-0.2, -0.15) is 0 Å². The number of aromatic nitrogens is 1. The Morgan fingerprint density at radius 3 is 2.38 bits per heavy atom. The van der Waals surface area contributed by atoms with Crippen molar-refractivity contribution in [3.63, 3.8) is 0 Å². The van der Waals surface area contributed by atoms with Gasteiger partial charge in [0.2, 0.25) is 0 Å². The van der Waals surface area contributed by atoms with E-state index >= 15 is 0 Å². The Hall–Kier alpha value is -1.09. The van der Waals surface area contributed by atoms with Gasteiger partial charge in [0.25, 0.3) is 0 Å². The van der Waals surface area contributed by atoms with E-state index in [9.17, 15) is 0 Å². The van der Waals surface area contributed by atoms with Crippen molar-refractivity contribution in [2.45, 2.75) is 0 Å². The summed E-state index contributed by atoms with van der Waals surface area (Å²) in [5, 5.41) is 0.662. The zero-order valence-electron chi connectivity index (χ0n) is 7.61. The highest BCUT2D eigenvalue weighted by atomic mass is 35.7. The van der Waals surface area contributed by atoms with Gasteiger partial charge < -0.3 is 4.42 Å². The van der Waals surface area contributed by atoms with Crippen LogP contribution in [0.25, 0.3) is 11.1 Å². The molecule has 0 aliphatic heterocycles. The molecule has 0 radical (unpaired) electrons. The Balaban J connectivity index is 0.000000221. The summed E-state index contributed by atoms with van der Waals surface area (Å²) < 4.78 is 39.1. The molecule has 0 aliphatic carbocycles. The Morgan fingerprint density at radius 2 is 1.81 bits per heavy atom. The molecule has 0 saturated heterocycles. The summed E-state index contributed by atoms with van der Waals surface area (Å²) in [4.78, 5) is 2.83. The topological polar surface area (TPSA) is 146 Å². The number of aromatic amines is 1. The maximum Gasteiger partial charge on any atom is 0.450 e. The lowest BCUT2D eigenvalue weighted by molar-refractivity contribution is -2.00. The molecule has 0 bridgehead atoms. The molecule has 0 saturated carbocycles. The fraction of sp³-hybridized carbons (Fsp3) is 0. The second-order valence-corrected chi connectivity index (χ2v) is 3.80. The van der Waals surface area contributed by atoms with Crippen LogP contribution in [0.1, 0.15) is 0 Å². The molecule has 1 aromatic carbocycles. The van der Waals surface area contributed by atoms with Crippen molar-refractivity contribution in [2.75, 3.05) is 5.73 Å². The van der Waals surface area contributed by atoms with E-state index in [-0.39, 0.29) is 0 Å². The standard InChI is InChI=1S/C7H5ClN2O.ClHO4/c8-4-1-2-6-5(3-4)10-7(9)11-6;2-1(3,4)5/h1-3H,(H2,9,10);(H,2,3,4,5). The molecule has 2 rings (SSSR count). The number of rotatable bonds is 0. The molecule has 0 unspecified atom stereocenters. The van der Waals surface area contributed by atoms with Gasteiger partial charge in [0.05, 0.1) is 0 Å². The van der Waals surface area contributed by atoms with E-state index in [1.807, 2.05) is 0 Å². The second kappa shape index (κ2) is 4.83. The van der Waals surface area contributed by atoms with Crippen LogP contribution in [-0.2, 0) is 0 Å². The predicted molar refractivity (Wildman–Crippen MR) is 42.2 cm³/mol. The molecule has 0 spiro atoms. The molecule has 2 aromatic rings. The Kier molecular flexibility index (Phi) is 3.92. The van der Waals surface area contributed by atoms with Crippen molar-refractivity contribution >= 4 is 28.7 Å².